The van der Waals surface area contributed by atoms with Crippen molar-refractivity contribution in [1.29, 1.82) is 0 Å². The molecule has 1 aliphatic carbocycles. The number of benzene rings is 1. The van der Waals surface area contributed by atoms with Crippen LogP contribution in [0.2, 0.25) is 0 Å². The molecule has 1 amide bonds. The van der Waals surface area contributed by atoms with Crippen molar-refractivity contribution in [2.24, 2.45) is 5.92 Å². The summed E-state index contributed by atoms with van der Waals surface area (Å²) in [5, 5.41) is 22.1. The second kappa shape index (κ2) is 7.04. The molecular weight excluding hydrogens is 328 g/mol. The van der Waals surface area contributed by atoms with Gasteiger partial charge >= 0.3 is 0 Å². The van der Waals surface area contributed by atoms with Gasteiger partial charge < -0.3 is 9.80 Å². The fourth-order valence-electron chi connectivity index (χ4n) is 3.64. The molecule has 0 unspecified atom stereocenters. The van der Waals surface area contributed by atoms with Crippen LogP contribution in [-0.2, 0) is 4.79 Å². The summed E-state index contributed by atoms with van der Waals surface area (Å²) in [4.78, 5) is 37.0. The second-order valence-electron chi connectivity index (χ2n) is 6.48. The molecule has 2 fully saturated rings. The molecule has 0 N–H and O–H groups in total. The van der Waals surface area contributed by atoms with Crippen LogP contribution in [0.4, 0.5) is 17.1 Å². The third-order valence-corrected chi connectivity index (χ3v) is 5.00. The van der Waals surface area contributed by atoms with E-state index >= 15 is 0 Å². The van der Waals surface area contributed by atoms with Crippen LogP contribution >= 0.6 is 0 Å². The molecule has 134 valence electrons. The Hall–Kier alpha value is -2.71. The van der Waals surface area contributed by atoms with Crippen molar-refractivity contribution in [3.8, 4) is 0 Å². The Kier molecular flexibility index (Phi) is 4.82. The topological polar surface area (TPSA) is 110 Å². The molecule has 2 aliphatic rings. The largest absolute Gasteiger partial charge is 0.362 e. The SMILES string of the molecule is O=C(C1CCCC1)N1CCN(c2ccc([N+](=O)[O-])cc2[N+](=O)[O-])CC1. The molecule has 9 heteroatoms. The lowest BCUT2D eigenvalue weighted by Gasteiger charge is -2.36. The van der Waals surface area contributed by atoms with Crippen molar-refractivity contribution in [3.63, 3.8) is 0 Å². The van der Waals surface area contributed by atoms with Crippen LogP contribution in [0, 0.1) is 26.1 Å². The molecule has 25 heavy (non-hydrogen) atoms. The lowest BCUT2D eigenvalue weighted by Crippen LogP contribution is -2.50. The van der Waals surface area contributed by atoms with Gasteiger partial charge in [-0.05, 0) is 18.9 Å². The van der Waals surface area contributed by atoms with Gasteiger partial charge in [-0.1, -0.05) is 12.8 Å². The fraction of sp³-hybridized carbons (Fsp3) is 0.562. The maximum absolute atomic E-state index is 12.5. The van der Waals surface area contributed by atoms with Gasteiger partial charge in [0, 0.05) is 38.2 Å². The summed E-state index contributed by atoms with van der Waals surface area (Å²) in [6, 6.07) is 3.69. The first-order valence-electron chi connectivity index (χ1n) is 8.44. The minimum Gasteiger partial charge on any atom is -0.362 e. The van der Waals surface area contributed by atoms with E-state index in [1.54, 1.807) is 0 Å². The van der Waals surface area contributed by atoms with E-state index < -0.39 is 9.85 Å². The number of hydrogen-bond acceptors (Lipinski definition) is 6. The second-order valence-corrected chi connectivity index (χ2v) is 6.48. The number of rotatable bonds is 4. The molecular formula is C16H20N4O5. The Morgan fingerprint density at radius 1 is 1.00 bits per heavy atom. The highest BCUT2D eigenvalue weighted by Crippen LogP contribution is 2.33. The zero-order chi connectivity index (χ0) is 18.0. The predicted molar refractivity (Wildman–Crippen MR) is 90.5 cm³/mol. The summed E-state index contributed by atoms with van der Waals surface area (Å²) in [6.07, 6.45) is 4.11. The summed E-state index contributed by atoms with van der Waals surface area (Å²) in [5.74, 6) is 0.315. The monoisotopic (exact) mass is 348 g/mol. The third-order valence-electron chi connectivity index (χ3n) is 5.00. The maximum atomic E-state index is 12.5. The minimum absolute atomic E-state index is 0.125. The van der Waals surface area contributed by atoms with E-state index in [9.17, 15) is 25.0 Å². The molecule has 1 saturated heterocycles. The van der Waals surface area contributed by atoms with Gasteiger partial charge in [0.2, 0.25) is 5.91 Å². The van der Waals surface area contributed by atoms with Crippen LogP contribution in [0.25, 0.3) is 0 Å². The van der Waals surface area contributed by atoms with E-state index in [2.05, 4.69) is 0 Å². The quantitative estimate of drug-likeness (QED) is 0.610. The lowest BCUT2D eigenvalue weighted by atomic mass is 10.1. The summed E-state index contributed by atoms with van der Waals surface area (Å²) < 4.78 is 0. The van der Waals surface area contributed by atoms with Gasteiger partial charge in [-0.2, -0.15) is 0 Å². The molecule has 3 rings (SSSR count). The number of amides is 1. The van der Waals surface area contributed by atoms with Crippen LogP contribution in [0.3, 0.4) is 0 Å². The van der Waals surface area contributed by atoms with Crippen LogP contribution < -0.4 is 4.90 Å². The Balaban J connectivity index is 1.71. The number of nitro benzene ring substituents is 2. The number of non-ortho nitro benzene ring substituents is 1. The van der Waals surface area contributed by atoms with Gasteiger partial charge in [0.05, 0.1) is 15.9 Å². The summed E-state index contributed by atoms with van der Waals surface area (Å²) in [5.41, 5.74) is -0.209. The highest BCUT2D eigenvalue weighted by molar-refractivity contribution is 5.79. The first kappa shape index (κ1) is 17.1. The van der Waals surface area contributed by atoms with Crippen LogP contribution in [-0.4, -0.2) is 46.8 Å². The van der Waals surface area contributed by atoms with Crippen LogP contribution in [0.5, 0.6) is 0 Å². The number of piperazine rings is 1. The Labute approximate surface area is 144 Å². The van der Waals surface area contributed by atoms with E-state index in [-0.39, 0.29) is 23.2 Å². The van der Waals surface area contributed by atoms with Crippen LogP contribution in [0.1, 0.15) is 25.7 Å². The fourth-order valence-corrected chi connectivity index (χ4v) is 3.64. The Morgan fingerprint density at radius 2 is 1.64 bits per heavy atom. The number of carbonyl (C=O) groups excluding carboxylic acids is 1. The normalized spacial score (nSPS) is 18.4. The smallest absolute Gasteiger partial charge is 0.299 e. The molecule has 0 spiro atoms. The summed E-state index contributed by atoms with van der Waals surface area (Å²) in [6.45, 7) is 2.00. The average molecular weight is 348 g/mol. The summed E-state index contributed by atoms with van der Waals surface area (Å²) >= 11 is 0. The minimum atomic E-state index is -0.644. The molecule has 1 aromatic rings. The van der Waals surface area contributed by atoms with Crippen molar-refractivity contribution in [3.05, 3.63) is 38.4 Å². The van der Waals surface area contributed by atoms with Crippen molar-refractivity contribution in [1.82, 2.24) is 4.90 Å². The zero-order valence-corrected chi connectivity index (χ0v) is 13.8. The van der Waals surface area contributed by atoms with Gasteiger partial charge in [-0.3, -0.25) is 25.0 Å². The van der Waals surface area contributed by atoms with Crippen LogP contribution in [0.15, 0.2) is 18.2 Å². The molecule has 1 aliphatic heterocycles. The Bertz CT molecular complexity index is 694. The standard InChI is InChI=1S/C16H20N4O5/c21-16(12-3-1-2-4-12)18-9-7-17(8-10-18)14-6-5-13(19(22)23)11-15(14)20(24)25/h5-6,11-12H,1-4,7-10H2. The first-order valence-corrected chi connectivity index (χ1v) is 8.44. The molecule has 0 radical (unpaired) electrons. The highest BCUT2D eigenvalue weighted by atomic mass is 16.6. The van der Waals surface area contributed by atoms with Crippen molar-refractivity contribution in [2.75, 3.05) is 31.1 Å². The molecule has 9 nitrogen and oxygen atoms in total. The lowest BCUT2D eigenvalue weighted by molar-refractivity contribution is -0.393. The van der Waals surface area contributed by atoms with E-state index in [0.717, 1.165) is 31.7 Å². The zero-order valence-electron chi connectivity index (χ0n) is 13.8. The van der Waals surface area contributed by atoms with Crippen molar-refractivity contribution < 1.29 is 14.6 Å². The highest BCUT2D eigenvalue weighted by Gasteiger charge is 2.31. The van der Waals surface area contributed by atoms with Gasteiger partial charge in [0.15, 0.2) is 0 Å². The third kappa shape index (κ3) is 3.54. The number of carbonyl (C=O) groups is 1. The van der Waals surface area contributed by atoms with Gasteiger partial charge in [0.1, 0.15) is 5.69 Å². The van der Waals surface area contributed by atoms with Gasteiger partial charge in [-0.25, -0.2) is 0 Å². The summed E-state index contributed by atoms with van der Waals surface area (Å²) in [7, 11) is 0. The van der Waals surface area contributed by atoms with E-state index in [0.29, 0.717) is 31.9 Å². The number of hydrogen-bond donors (Lipinski definition) is 0. The Morgan fingerprint density at radius 3 is 2.20 bits per heavy atom. The first-order chi connectivity index (χ1) is 12.0. The molecule has 1 heterocycles. The number of anilines is 1. The molecule has 1 aromatic carbocycles. The van der Waals surface area contributed by atoms with E-state index in [1.165, 1.54) is 12.1 Å². The van der Waals surface area contributed by atoms with E-state index in [4.69, 9.17) is 0 Å². The number of nitro groups is 2. The maximum Gasteiger partial charge on any atom is 0.299 e. The van der Waals surface area contributed by atoms with Gasteiger partial charge in [-0.15, -0.1) is 0 Å². The molecule has 0 bridgehead atoms. The van der Waals surface area contributed by atoms with Gasteiger partial charge in [0.25, 0.3) is 11.4 Å². The van der Waals surface area contributed by atoms with Crippen molar-refractivity contribution in [2.45, 2.75) is 25.7 Å². The molecule has 1 saturated carbocycles. The van der Waals surface area contributed by atoms with E-state index in [1.807, 2.05) is 9.80 Å². The molecule has 0 atom stereocenters. The molecule has 0 aromatic heterocycles. The average Bonchev–Trinajstić information content (AvgIpc) is 3.15. The van der Waals surface area contributed by atoms with Crippen molar-refractivity contribution >= 4 is 23.0 Å². The predicted octanol–water partition coefficient (Wildman–Crippen LogP) is 2.34. The number of nitrogens with zero attached hydrogens (tertiary/aromatic N) is 4.